The lowest BCUT2D eigenvalue weighted by Gasteiger charge is -2.35. The first kappa shape index (κ1) is 23.0. The van der Waals surface area contributed by atoms with Crippen molar-refractivity contribution >= 4 is 5.91 Å². The molecular weight excluding hydrogens is 433 g/mol. The number of alkyl halides is 7. The van der Waals surface area contributed by atoms with E-state index in [0.29, 0.717) is 29.4 Å². The maximum absolute atomic E-state index is 13.0. The first-order valence-electron chi connectivity index (χ1n) is 9.35. The minimum absolute atomic E-state index is 0.227. The number of piperazine rings is 1. The lowest BCUT2D eigenvalue weighted by atomic mass is 10.1. The van der Waals surface area contributed by atoms with Crippen molar-refractivity contribution in [2.24, 2.45) is 0 Å². The zero-order chi connectivity index (χ0) is 22.8. The average Bonchev–Trinajstić information content (AvgIpc) is 3.12. The number of hydrogen-bond donors (Lipinski definition) is 0. The molecule has 1 aromatic heterocycles. The molecule has 0 aliphatic carbocycles. The van der Waals surface area contributed by atoms with Gasteiger partial charge in [0, 0.05) is 32.7 Å². The van der Waals surface area contributed by atoms with Crippen LogP contribution in [0.3, 0.4) is 0 Å². The highest BCUT2D eigenvalue weighted by molar-refractivity contribution is 5.76. The van der Waals surface area contributed by atoms with E-state index in [2.05, 4.69) is 5.10 Å². The molecule has 0 radical (unpaired) electrons. The molecule has 170 valence electrons. The summed E-state index contributed by atoms with van der Waals surface area (Å²) < 4.78 is 90.7. The highest BCUT2D eigenvalue weighted by atomic mass is 19.4. The third-order valence-electron chi connectivity index (χ3n) is 4.95. The molecule has 1 amide bonds. The topological polar surface area (TPSA) is 41.4 Å². The van der Waals surface area contributed by atoms with E-state index < -0.39 is 48.4 Å². The SMILES string of the molecule is O=C(Cn1nc(C(F)F)cc1C(F)F)N1CCN(Cc2cccc(C(F)(F)F)c2)CC1. The van der Waals surface area contributed by atoms with Crippen LogP contribution in [-0.2, 0) is 24.1 Å². The molecule has 0 N–H and O–H groups in total. The zero-order valence-corrected chi connectivity index (χ0v) is 16.1. The lowest BCUT2D eigenvalue weighted by molar-refractivity contribution is -0.138. The molecule has 1 aromatic carbocycles. The van der Waals surface area contributed by atoms with Crippen molar-refractivity contribution in [3.63, 3.8) is 0 Å². The van der Waals surface area contributed by atoms with Gasteiger partial charge >= 0.3 is 6.18 Å². The predicted molar refractivity (Wildman–Crippen MR) is 95.4 cm³/mol. The summed E-state index contributed by atoms with van der Waals surface area (Å²) in [7, 11) is 0. The molecule has 31 heavy (non-hydrogen) atoms. The molecule has 0 unspecified atom stereocenters. The minimum atomic E-state index is -4.44. The van der Waals surface area contributed by atoms with Gasteiger partial charge in [0.1, 0.15) is 17.9 Å². The monoisotopic (exact) mass is 452 g/mol. The largest absolute Gasteiger partial charge is 0.416 e. The van der Waals surface area contributed by atoms with E-state index in [9.17, 15) is 35.5 Å². The van der Waals surface area contributed by atoms with Gasteiger partial charge in [0.2, 0.25) is 5.91 Å². The summed E-state index contributed by atoms with van der Waals surface area (Å²) in [5, 5.41) is 3.40. The van der Waals surface area contributed by atoms with Gasteiger partial charge in [0.05, 0.1) is 5.56 Å². The van der Waals surface area contributed by atoms with Crippen LogP contribution in [0.1, 0.15) is 35.4 Å². The number of amides is 1. The first-order chi connectivity index (χ1) is 14.5. The molecule has 5 nitrogen and oxygen atoms in total. The summed E-state index contributed by atoms with van der Waals surface area (Å²) in [5.41, 5.74) is -1.84. The average molecular weight is 452 g/mol. The van der Waals surface area contributed by atoms with Crippen LogP contribution in [-0.4, -0.2) is 51.7 Å². The molecule has 3 rings (SSSR count). The maximum Gasteiger partial charge on any atom is 0.416 e. The van der Waals surface area contributed by atoms with E-state index in [1.807, 2.05) is 4.90 Å². The molecule has 1 aliphatic rings. The smallest absolute Gasteiger partial charge is 0.339 e. The van der Waals surface area contributed by atoms with Crippen LogP contribution in [0, 0.1) is 0 Å². The number of nitrogens with zero attached hydrogens (tertiary/aromatic N) is 4. The predicted octanol–water partition coefficient (Wildman–Crippen LogP) is 4.12. The Morgan fingerprint density at radius 3 is 2.26 bits per heavy atom. The van der Waals surface area contributed by atoms with E-state index in [1.54, 1.807) is 6.07 Å². The number of carbonyl (C=O) groups excluding carboxylic acids is 1. The van der Waals surface area contributed by atoms with Gasteiger partial charge in [0.15, 0.2) is 0 Å². The van der Waals surface area contributed by atoms with E-state index in [4.69, 9.17) is 0 Å². The van der Waals surface area contributed by atoms with E-state index in [-0.39, 0.29) is 19.6 Å². The molecule has 0 atom stereocenters. The zero-order valence-electron chi connectivity index (χ0n) is 16.1. The fraction of sp³-hybridized carbons (Fsp3) is 0.474. The molecular formula is C19H19F7N4O. The number of halogens is 7. The Morgan fingerprint density at radius 2 is 1.68 bits per heavy atom. The molecule has 0 bridgehead atoms. The highest BCUT2D eigenvalue weighted by Gasteiger charge is 2.31. The normalized spacial score (nSPS) is 15.8. The van der Waals surface area contributed by atoms with Gasteiger partial charge in [-0.15, -0.1) is 0 Å². The number of rotatable bonds is 6. The fourth-order valence-electron chi connectivity index (χ4n) is 3.35. The molecule has 0 saturated carbocycles. The second-order valence-electron chi connectivity index (χ2n) is 7.11. The van der Waals surface area contributed by atoms with Gasteiger partial charge in [-0.1, -0.05) is 18.2 Å². The summed E-state index contributed by atoms with van der Waals surface area (Å²) in [4.78, 5) is 15.7. The quantitative estimate of drug-likeness (QED) is 0.620. The Labute approximate surface area is 173 Å². The standard InChI is InChI=1S/C19H19F7N4O/c20-17(21)14-9-15(18(22)23)30(27-14)11-16(31)29-6-4-28(5-7-29)10-12-2-1-3-13(8-12)19(24,25)26/h1-3,8-9,17-18H,4-7,10-11H2. The second kappa shape index (κ2) is 9.25. The first-order valence-corrected chi connectivity index (χ1v) is 9.35. The Balaban J connectivity index is 1.57. The Morgan fingerprint density at radius 1 is 1.00 bits per heavy atom. The molecule has 2 heterocycles. The van der Waals surface area contributed by atoms with Crippen LogP contribution in [0.25, 0.3) is 0 Å². The summed E-state index contributed by atoms with van der Waals surface area (Å²) in [6.45, 7) is 0.851. The van der Waals surface area contributed by atoms with Crippen molar-refractivity contribution in [2.75, 3.05) is 26.2 Å². The van der Waals surface area contributed by atoms with Crippen molar-refractivity contribution in [1.29, 1.82) is 0 Å². The molecule has 1 saturated heterocycles. The van der Waals surface area contributed by atoms with Crippen LogP contribution >= 0.6 is 0 Å². The fourth-order valence-corrected chi connectivity index (χ4v) is 3.35. The molecule has 1 fully saturated rings. The Hall–Kier alpha value is -2.63. The van der Waals surface area contributed by atoms with Crippen molar-refractivity contribution in [1.82, 2.24) is 19.6 Å². The van der Waals surface area contributed by atoms with Crippen molar-refractivity contribution in [3.8, 4) is 0 Å². The Bertz CT molecular complexity index is 905. The van der Waals surface area contributed by atoms with Gasteiger partial charge in [-0.3, -0.25) is 14.4 Å². The molecule has 12 heteroatoms. The number of aromatic nitrogens is 2. The second-order valence-corrected chi connectivity index (χ2v) is 7.11. The summed E-state index contributed by atoms with van der Waals surface area (Å²) in [6.07, 6.45) is -10.5. The number of carbonyl (C=O) groups is 1. The van der Waals surface area contributed by atoms with E-state index in [1.165, 1.54) is 11.0 Å². The van der Waals surface area contributed by atoms with Crippen LogP contribution < -0.4 is 0 Å². The van der Waals surface area contributed by atoms with Gasteiger partial charge < -0.3 is 4.90 Å². The molecule has 0 spiro atoms. The van der Waals surface area contributed by atoms with Gasteiger partial charge in [0.25, 0.3) is 12.9 Å². The summed E-state index contributed by atoms with van der Waals surface area (Å²) in [5.74, 6) is -0.551. The van der Waals surface area contributed by atoms with Gasteiger partial charge in [-0.25, -0.2) is 17.6 Å². The number of benzene rings is 1. The van der Waals surface area contributed by atoms with Crippen molar-refractivity contribution in [3.05, 3.63) is 52.8 Å². The van der Waals surface area contributed by atoms with Crippen LogP contribution in [0.15, 0.2) is 30.3 Å². The van der Waals surface area contributed by atoms with Crippen LogP contribution in [0.2, 0.25) is 0 Å². The Kier molecular flexibility index (Phi) is 6.87. The van der Waals surface area contributed by atoms with E-state index >= 15 is 0 Å². The van der Waals surface area contributed by atoms with Crippen molar-refractivity contribution in [2.45, 2.75) is 32.1 Å². The highest BCUT2D eigenvalue weighted by Crippen LogP contribution is 2.30. The maximum atomic E-state index is 13.0. The number of hydrogen-bond acceptors (Lipinski definition) is 3. The third kappa shape index (κ3) is 5.75. The molecule has 2 aromatic rings. The van der Waals surface area contributed by atoms with E-state index in [0.717, 1.165) is 12.1 Å². The van der Waals surface area contributed by atoms with Gasteiger partial charge in [-0.05, 0) is 17.7 Å². The van der Waals surface area contributed by atoms with Crippen LogP contribution in [0.4, 0.5) is 30.7 Å². The minimum Gasteiger partial charge on any atom is -0.339 e. The third-order valence-corrected chi connectivity index (χ3v) is 4.95. The lowest BCUT2D eigenvalue weighted by Crippen LogP contribution is -2.49. The summed E-state index contributed by atoms with van der Waals surface area (Å²) >= 11 is 0. The summed E-state index contributed by atoms with van der Waals surface area (Å²) in [6, 6.07) is 5.55. The van der Waals surface area contributed by atoms with Gasteiger partial charge in [-0.2, -0.15) is 18.3 Å². The van der Waals surface area contributed by atoms with Crippen LogP contribution in [0.5, 0.6) is 0 Å². The van der Waals surface area contributed by atoms with Crippen molar-refractivity contribution < 1.29 is 35.5 Å². The molecule has 1 aliphatic heterocycles.